The summed E-state index contributed by atoms with van der Waals surface area (Å²) in [6.07, 6.45) is 8.20. The summed E-state index contributed by atoms with van der Waals surface area (Å²) in [7, 11) is 1.33. The molecule has 0 aromatic carbocycles. The summed E-state index contributed by atoms with van der Waals surface area (Å²) in [4.78, 5) is 19.9. The lowest BCUT2D eigenvalue weighted by Gasteiger charge is -2.09. The highest BCUT2D eigenvalue weighted by molar-refractivity contribution is 5.92. The van der Waals surface area contributed by atoms with Crippen LogP contribution in [-0.2, 0) is 24.2 Å². The molecule has 0 atom stereocenters. The Kier molecular flexibility index (Phi) is 4.97. The second kappa shape index (κ2) is 6.92. The molecule has 2 aromatic rings. The number of carbonyl (C=O) groups excluding carboxylic acids is 1. The lowest BCUT2D eigenvalue weighted by atomic mass is 10.3. The van der Waals surface area contributed by atoms with Crippen molar-refractivity contribution in [3.63, 3.8) is 0 Å². The van der Waals surface area contributed by atoms with E-state index < -0.39 is 5.97 Å². The van der Waals surface area contributed by atoms with Crippen LogP contribution >= 0.6 is 0 Å². The van der Waals surface area contributed by atoms with E-state index >= 15 is 0 Å². The smallest absolute Gasteiger partial charge is 0.360 e. The predicted octanol–water partition coefficient (Wildman–Crippen LogP) is 1.49. The van der Waals surface area contributed by atoms with Gasteiger partial charge in [0, 0.05) is 31.9 Å². The number of ether oxygens (including phenoxy) is 1. The first-order chi connectivity index (χ1) is 10.2. The van der Waals surface area contributed by atoms with Gasteiger partial charge in [0.1, 0.15) is 11.6 Å². The van der Waals surface area contributed by atoms with Crippen molar-refractivity contribution in [3.05, 3.63) is 30.2 Å². The fourth-order valence-corrected chi connectivity index (χ4v) is 2.26. The van der Waals surface area contributed by atoms with Gasteiger partial charge in [-0.05, 0) is 12.8 Å². The Labute approximate surface area is 123 Å². The molecular formula is C14H21N5O2. The summed E-state index contributed by atoms with van der Waals surface area (Å²) in [5, 5.41) is 0. The van der Waals surface area contributed by atoms with Crippen molar-refractivity contribution >= 4 is 11.8 Å². The van der Waals surface area contributed by atoms with Crippen LogP contribution in [0.4, 0.5) is 5.82 Å². The topological polar surface area (TPSA) is 88.0 Å². The number of nitrogen functional groups attached to an aromatic ring is 1. The number of imidazole rings is 2. The van der Waals surface area contributed by atoms with E-state index in [4.69, 9.17) is 10.5 Å². The molecule has 114 valence electrons. The van der Waals surface area contributed by atoms with Gasteiger partial charge in [0.15, 0.2) is 5.69 Å². The van der Waals surface area contributed by atoms with Crippen LogP contribution in [0.1, 0.15) is 36.1 Å². The first-order valence-electron chi connectivity index (χ1n) is 7.06. The average Bonchev–Trinajstić information content (AvgIpc) is 3.11. The van der Waals surface area contributed by atoms with Crippen LogP contribution in [0.5, 0.6) is 0 Å². The lowest BCUT2D eigenvalue weighted by Crippen LogP contribution is -2.10. The Morgan fingerprint density at radius 3 is 2.76 bits per heavy atom. The highest BCUT2D eigenvalue weighted by atomic mass is 16.5. The molecular weight excluding hydrogens is 270 g/mol. The summed E-state index contributed by atoms with van der Waals surface area (Å²) < 4.78 is 8.64. The molecule has 2 rings (SSSR count). The van der Waals surface area contributed by atoms with Gasteiger partial charge in [0.2, 0.25) is 0 Å². The van der Waals surface area contributed by atoms with E-state index in [1.807, 2.05) is 22.3 Å². The van der Waals surface area contributed by atoms with Gasteiger partial charge < -0.3 is 19.6 Å². The molecule has 0 spiro atoms. The normalized spacial score (nSPS) is 10.8. The number of nitrogens with zero attached hydrogens (tertiary/aromatic N) is 4. The van der Waals surface area contributed by atoms with Gasteiger partial charge in [-0.25, -0.2) is 14.8 Å². The number of anilines is 1. The maximum atomic E-state index is 11.6. The predicted molar refractivity (Wildman–Crippen MR) is 78.8 cm³/mol. The Morgan fingerprint density at radius 1 is 1.38 bits per heavy atom. The van der Waals surface area contributed by atoms with Crippen molar-refractivity contribution in [2.45, 2.75) is 39.3 Å². The second-order valence-corrected chi connectivity index (χ2v) is 4.77. The molecule has 21 heavy (non-hydrogen) atoms. The lowest BCUT2D eigenvalue weighted by molar-refractivity contribution is 0.0595. The van der Waals surface area contributed by atoms with Gasteiger partial charge in [-0.15, -0.1) is 0 Å². The van der Waals surface area contributed by atoms with Crippen molar-refractivity contribution in [2.24, 2.45) is 0 Å². The van der Waals surface area contributed by atoms with Gasteiger partial charge in [0.25, 0.3) is 0 Å². The number of hydrogen-bond donors (Lipinski definition) is 1. The molecule has 2 aromatic heterocycles. The molecule has 0 saturated carbocycles. The highest BCUT2D eigenvalue weighted by Crippen LogP contribution is 2.17. The maximum Gasteiger partial charge on any atom is 0.360 e. The van der Waals surface area contributed by atoms with Crippen LogP contribution in [0.3, 0.4) is 0 Å². The molecule has 0 unspecified atom stereocenters. The third-order valence-corrected chi connectivity index (χ3v) is 3.39. The van der Waals surface area contributed by atoms with Gasteiger partial charge in [-0.3, -0.25) is 0 Å². The Bertz CT molecular complexity index is 589. The summed E-state index contributed by atoms with van der Waals surface area (Å²) in [6, 6.07) is 0. The van der Waals surface area contributed by atoms with Crippen LogP contribution in [0.2, 0.25) is 0 Å². The standard InChI is InChI=1S/C14H21N5O2/c1-3-11-17-12(14(20)21-2)13(15)19(11)8-5-4-7-18-9-6-16-10-18/h6,9-10H,3-5,7-8,15H2,1-2H3. The molecule has 7 heteroatoms. The van der Waals surface area contributed by atoms with Gasteiger partial charge in [-0.1, -0.05) is 6.92 Å². The minimum absolute atomic E-state index is 0.212. The molecule has 2 heterocycles. The first kappa shape index (κ1) is 15.1. The van der Waals surface area contributed by atoms with E-state index in [9.17, 15) is 4.79 Å². The van der Waals surface area contributed by atoms with E-state index in [0.717, 1.165) is 38.2 Å². The zero-order chi connectivity index (χ0) is 15.2. The fourth-order valence-electron chi connectivity index (χ4n) is 2.26. The minimum Gasteiger partial charge on any atom is -0.464 e. The summed E-state index contributed by atoms with van der Waals surface area (Å²) in [5.41, 5.74) is 6.23. The molecule has 0 bridgehead atoms. The number of nitrogens with two attached hydrogens (primary N) is 1. The van der Waals surface area contributed by atoms with E-state index in [-0.39, 0.29) is 5.69 Å². The molecule has 0 aliphatic heterocycles. The van der Waals surface area contributed by atoms with Gasteiger partial charge in [0.05, 0.1) is 13.4 Å². The van der Waals surface area contributed by atoms with E-state index in [2.05, 4.69) is 9.97 Å². The van der Waals surface area contributed by atoms with E-state index in [1.54, 1.807) is 12.5 Å². The van der Waals surface area contributed by atoms with Crippen LogP contribution in [-0.4, -0.2) is 32.2 Å². The number of aromatic nitrogens is 4. The fraction of sp³-hybridized carbons (Fsp3) is 0.500. The second-order valence-electron chi connectivity index (χ2n) is 4.77. The number of esters is 1. The monoisotopic (exact) mass is 291 g/mol. The van der Waals surface area contributed by atoms with Crippen LogP contribution in [0.25, 0.3) is 0 Å². The molecule has 7 nitrogen and oxygen atoms in total. The van der Waals surface area contributed by atoms with Crippen molar-refractivity contribution < 1.29 is 9.53 Å². The zero-order valence-corrected chi connectivity index (χ0v) is 12.5. The molecule has 0 aliphatic carbocycles. The number of rotatable bonds is 7. The molecule has 0 fully saturated rings. The number of carbonyl (C=O) groups is 1. The van der Waals surface area contributed by atoms with E-state index in [0.29, 0.717) is 5.82 Å². The summed E-state index contributed by atoms with van der Waals surface area (Å²) in [6.45, 7) is 3.65. The summed E-state index contributed by atoms with van der Waals surface area (Å²) >= 11 is 0. The Hall–Kier alpha value is -2.31. The third-order valence-electron chi connectivity index (χ3n) is 3.39. The molecule has 0 amide bonds. The van der Waals surface area contributed by atoms with Crippen molar-refractivity contribution in [3.8, 4) is 0 Å². The van der Waals surface area contributed by atoms with Gasteiger partial charge in [-0.2, -0.15) is 0 Å². The SMILES string of the molecule is CCc1nc(C(=O)OC)c(N)n1CCCCn1ccnc1. The average molecular weight is 291 g/mol. The van der Waals surface area contributed by atoms with Crippen LogP contribution in [0.15, 0.2) is 18.7 Å². The van der Waals surface area contributed by atoms with Crippen molar-refractivity contribution in [1.82, 2.24) is 19.1 Å². The first-order valence-corrected chi connectivity index (χ1v) is 7.06. The quantitative estimate of drug-likeness (QED) is 0.617. The van der Waals surface area contributed by atoms with Crippen molar-refractivity contribution in [2.75, 3.05) is 12.8 Å². The number of methoxy groups -OCH3 is 1. The number of aryl methyl sites for hydroxylation is 2. The third kappa shape index (κ3) is 3.42. The number of unbranched alkanes of at least 4 members (excludes halogenated alkanes) is 1. The van der Waals surface area contributed by atoms with E-state index in [1.165, 1.54) is 7.11 Å². The van der Waals surface area contributed by atoms with Gasteiger partial charge >= 0.3 is 5.97 Å². The number of hydrogen-bond acceptors (Lipinski definition) is 5. The molecule has 0 radical (unpaired) electrons. The largest absolute Gasteiger partial charge is 0.464 e. The molecule has 0 aliphatic rings. The molecule has 2 N–H and O–H groups in total. The Balaban J connectivity index is 1.98. The minimum atomic E-state index is -0.487. The highest BCUT2D eigenvalue weighted by Gasteiger charge is 2.19. The molecule has 0 saturated heterocycles. The van der Waals surface area contributed by atoms with Crippen molar-refractivity contribution in [1.29, 1.82) is 0 Å². The Morgan fingerprint density at radius 2 is 2.14 bits per heavy atom. The maximum absolute atomic E-state index is 11.6. The van der Waals surface area contributed by atoms with Crippen LogP contribution in [0, 0.1) is 0 Å². The zero-order valence-electron chi connectivity index (χ0n) is 12.5. The summed E-state index contributed by atoms with van der Waals surface area (Å²) in [5.74, 6) is 0.719. The van der Waals surface area contributed by atoms with Crippen LogP contribution < -0.4 is 5.73 Å².